The van der Waals surface area contributed by atoms with E-state index < -0.39 is 23.0 Å². The van der Waals surface area contributed by atoms with E-state index >= 15 is 0 Å². The maximum atomic E-state index is 13.5. The molecule has 2 unspecified atom stereocenters. The summed E-state index contributed by atoms with van der Waals surface area (Å²) < 4.78 is 18.9. The molecule has 2 bridgehead atoms. The SMILES string of the molecule is O=C(COc1ccc(Cl)c(F)c1)NC12CCC(NC(=O)C3CCCNN3)(CC1)C(O)C2. The molecule has 5 N–H and O–H groups in total. The minimum Gasteiger partial charge on any atom is -0.484 e. The maximum absolute atomic E-state index is 13.5. The Balaban J connectivity index is 1.31. The molecule has 1 aromatic carbocycles. The van der Waals surface area contributed by atoms with Gasteiger partial charge in [0.05, 0.1) is 22.7 Å². The van der Waals surface area contributed by atoms with E-state index in [4.69, 9.17) is 16.3 Å². The van der Waals surface area contributed by atoms with Crippen molar-refractivity contribution < 1.29 is 23.8 Å². The van der Waals surface area contributed by atoms with Crippen LogP contribution in [0.1, 0.15) is 44.9 Å². The van der Waals surface area contributed by atoms with Crippen LogP contribution in [0.15, 0.2) is 18.2 Å². The Morgan fingerprint density at radius 3 is 2.68 bits per heavy atom. The maximum Gasteiger partial charge on any atom is 0.258 e. The fraction of sp³-hybridized carbons (Fsp3) is 0.619. The Hall–Kier alpha value is -1.94. The highest BCUT2D eigenvalue weighted by Crippen LogP contribution is 2.47. The van der Waals surface area contributed by atoms with Gasteiger partial charge in [0.25, 0.3) is 5.91 Å². The number of nitrogens with one attached hydrogen (secondary N) is 4. The lowest BCUT2D eigenvalue weighted by Crippen LogP contribution is -2.71. The van der Waals surface area contributed by atoms with Gasteiger partial charge in [0, 0.05) is 18.2 Å². The Bertz CT molecular complexity index is 841. The average molecular weight is 455 g/mol. The molecule has 3 aliphatic carbocycles. The Kier molecular flexibility index (Phi) is 6.39. The van der Waals surface area contributed by atoms with Crippen LogP contribution in [-0.4, -0.2) is 53.3 Å². The van der Waals surface area contributed by atoms with Crippen LogP contribution < -0.4 is 26.2 Å². The van der Waals surface area contributed by atoms with Crippen LogP contribution in [0.2, 0.25) is 5.02 Å². The van der Waals surface area contributed by atoms with Crippen molar-refractivity contribution in [2.75, 3.05) is 13.2 Å². The molecule has 0 spiro atoms. The summed E-state index contributed by atoms with van der Waals surface area (Å²) in [5, 5.41) is 16.9. The molecule has 10 heteroatoms. The lowest BCUT2D eigenvalue weighted by Gasteiger charge is -2.56. The van der Waals surface area contributed by atoms with E-state index in [1.807, 2.05) is 0 Å². The third-order valence-corrected chi connectivity index (χ3v) is 7.05. The number of hydrogen-bond acceptors (Lipinski definition) is 6. The van der Waals surface area contributed by atoms with Gasteiger partial charge in [-0.1, -0.05) is 11.6 Å². The monoisotopic (exact) mass is 454 g/mol. The first-order valence-corrected chi connectivity index (χ1v) is 11.1. The lowest BCUT2D eigenvalue weighted by atomic mass is 9.59. The summed E-state index contributed by atoms with van der Waals surface area (Å²) in [6.45, 7) is 0.567. The van der Waals surface area contributed by atoms with Gasteiger partial charge in [-0.05, 0) is 57.1 Å². The summed E-state index contributed by atoms with van der Waals surface area (Å²) in [5.41, 5.74) is 4.82. The molecule has 1 heterocycles. The van der Waals surface area contributed by atoms with E-state index in [9.17, 15) is 19.1 Å². The molecule has 170 valence electrons. The minimum atomic E-state index is -0.748. The summed E-state index contributed by atoms with van der Waals surface area (Å²) in [7, 11) is 0. The zero-order valence-corrected chi connectivity index (χ0v) is 17.9. The van der Waals surface area contributed by atoms with Crippen molar-refractivity contribution >= 4 is 23.4 Å². The van der Waals surface area contributed by atoms with E-state index in [1.165, 1.54) is 12.1 Å². The molecule has 4 aliphatic rings. The summed E-state index contributed by atoms with van der Waals surface area (Å²) in [4.78, 5) is 25.1. The molecule has 0 aromatic heterocycles. The van der Waals surface area contributed by atoms with Crippen molar-refractivity contribution in [3.8, 4) is 5.75 Å². The molecule has 2 atom stereocenters. The first kappa shape index (κ1) is 22.3. The number of amides is 2. The number of hydrazine groups is 1. The van der Waals surface area contributed by atoms with Crippen LogP contribution in [0.3, 0.4) is 0 Å². The molecule has 8 nitrogen and oxygen atoms in total. The summed E-state index contributed by atoms with van der Waals surface area (Å²) in [6.07, 6.45) is 3.77. The van der Waals surface area contributed by atoms with Crippen LogP contribution in [-0.2, 0) is 9.59 Å². The molecule has 0 radical (unpaired) electrons. The van der Waals surface area contributed by atoms with Gasteiger partial charge >= 0.3 is 0 Å². The first-order valence-electron chi connectivity index (χ1n) is 10.7. The molecule has 1 aromatic rings. The number of carbonyl (C=O) groups is 2. The first-order chi connectivity index (χ1) is 14.8. The van der Waals surface area contributed by atoms with Gasteiger partial charge in [0.2, 0.25) is 5.91 Å². The highest BCUT2D eigenvalue weighted by molar-refractivity contribution is 6.30. The molecule has 2 amide bonds. The fourth-order valence-electron chi connectivity index (χ4n) is 4.90. The minimum absolute atomic E-state index is 0.0137. The molecule has 3 saturated carbocycles. The van der Waals surface area contributed by atoms with Gasteiger partial charge in [-0.15, -0.1) is 0 Å². The highest BCUT2D eigenvalue weighted by atomic mass is 35.5. The summed E-state index contributed by atoms with van der Waals surface area (Å²) in [5.74, 6) is -0.834. The van der Waals surface area contributed by atoms with Crippen molar-refractivity contribution in [1.82, 2.24) is 21.5 Å². The van der Waals surface area contributed by atoms with Gasteiger partial charge in [-0.2, -0.15) is 0 Å². The summed E-state index contributed by atoms with van der Waals surface area (Å²) in [6, 6.07) is 3.69. The van der Waals surface area contributed by atoms with Crippen LogP contribution in [0, 0.1) is 5.82 Å². The van der Waals surface area contributed by atoms with Crippen molar-refractivity contribution in [2.24, 2.45) is 0 Å². The highest BCUT2D eigenvalue weighted by Gasteiger charge is 2.55. The number of benzene rings is 1. The van der Waals surface area contributed by atoms with Crippen LogP contribution in [0.4, 0.5) is 4.39 Å². The van der Waals surface area contributed by atoms with E-state index in [-0.39, 0.29) is 35.2 Å². The van der Waals surface area contributed by atoms with E-state index in [0.717, 1.165) is 25.5 Å². The Morgan fingerprint density at radius 1 is 1.26 bits per heavy atom. The summed E-state index contributed by atoms with van der Waals surface area (Å²) >= 11 is 5.65. The van der Waals surface area contributed by atoms with Crippen molar-refractivity contribution in [3.05, 3.63) is 29.0 Å². The predicted octanol–water partition coefficient (Wildman–Crippen LogP) is 1.16. The number of carbonyl (C=O) groups excluding carboxylic acids is 2. The molecule has 31 heavy (non-hydrogen) atoms. The van der Waals surface area contributed by atoms with Crippen molar-refractivity contribution in [1.29, 1.82) is 0 Å². The van der Waals surface area contributed by atoms with Crippen molar-refractivity contribution in [2.45, 2.75) is 68.2 Å². The van der Waals surface area contributed by atoms with E-state index in [2.05, 4.69) is 21.5 Å². The average Bonchev–Trinajstić information content (AvgIpc) is 2.76. The molecular weight excluding hydrogens is 427 g/mol. The second-order valence-corrected chi connectivity index (χ2v) is 9.23. The Morgan fingerprint density at radius 2 is 2.03 bits per heavy atom. The van der Waals surface area contributed by atoms with Gasteiger partial charge in [-0.3, -0.25) is 15.0 Å². The number of halogens is 2. The third kappa shape index (κ3) is 4.79. The quantitative estimate of drug-likeness (QED) is 0.441. The van der Waals surface area contributed by atoms with E-state index in [1.54, 1.807) is 0 Å². The van der Waals surface area contributed by atoms with Crippen LogP contribution in [0.25, 0.3) is 0 Å². The molecule has 4 fully saturated rings. The number of aliphatic hydroxyl groups is 1. The number of hydrogen-bond donors (Lipinski definition) is 5. The van der Waals surface area contributed by atoms with Crippen LogP contribution >= 0.6 is 11.6 Å². The standard InChI is InChI=1S/C21H28ClFN4O4/c22-14-4-3-13(10-15(14)23)31-12-18(29)25-20-5-7-21(8-6-20,17(28)11-20)26-19(30)16-2-1-9-24-27-16/h3-4,10,16-17,24,27-28H,1-2,5-9,11-12H2,(H,25,29)(H,26,30). The third-order valence-electron chi connectivity index (χ3n) is 6.75. The zero-order chi connectivity index (χ0) is 22.1. The molecule has 1 saturated heterocycles. The van der Waals surface area contributed by atoms with Crippen LogP contribution in [0.5, 0.6) is 5.75 Å². The van der Waals surface area contributed by atoms with Gasteiger partial charge < -0.3 is 20.5 Å². The normalized spacial score (nSPS) is 32.4. The molecular formula is C21H28ClFN4O4. The smallest absolute Gasteiger partial charge is 0.258 e. The number of aliphatic hydroxyl groups excluding tert-OH is 1. The fourth-order valence-corrected chi connectivity index (χ4v) is 5.02. The van der Waals surface area contributed by atoms with E-state index in [0.29, 0.717) is 32.1 Å². The van der Waals surface area contributed by atoms with Gasteiger partial charge in [-0.25, -0.2) is 9.82 Å². The lowest BCUT2D eigenvalue weighted by molar-refractivity contribution is -0.137. The van der Waals surface area contributed by atoms with Gasteiger partial charge in [0.1, 0.15) is 11.6 Å². The number of rotatable bonds is 6. The zero-order valence-electron chi connectivity index (χ0n) is 17.2. The number of fused-ring (bicyclic) bond motifs is 3. The van der Waals surface area contributed by atoms with Gasteiger partial charge in [0.15, 0.2) is 6.61 Å². The molecule has 5 rings (SSSR count). The Labute approximate surface area is 185 Å². The van der Waals surface area contributed by atoms with Crippen molar-refractivity contribution in [3.63, 3.8) is 0 Å². The second-order valence-electron chi connectivity index (χ2n) is 8.82. The molecule has 1 aliphatic heterocycles. The largest absolute Gasteiger partial charge is 0.484 e. The second kappa shape index (κ2) is 8.90. The predicted molar refractivity (Wildman–Crippen MR) is 112 cm³/mol. The topological polar surface area (TPSA) is 112 Å². The number of ether oxygens (including phenoxy) is 1.